The van der Waals surface area contributed by atoms with Gasteiger partial charge in [0.15, 0.2) is 0 Å². The van der Waals surface area contributed by atoms with Gasteiger partial charge in [-0.3, -0.25) is 0 Å². The average molecular weight is 350 g/mol. The number of anilines is 4. The zero-order chi connectivity index (χ0) is 17.8. The number of halogens is 1. The standard InChI is InChI=1S/C19H16ClN5/c1-12-7-8-15(9-16(12)20)24-18-10-19(23-13(2)22-18)25-17-6-4-3-5-14(17)11-21/h3-10H,1-2H3,(H2,22,23,24,25). The van der Waals surface area contributed by atoms with Gasteiger partial charge in [-0.1, -0.05) is 29.8 Å². The van der Waals surface area contributed by atoms with Gasteiger partial charge in [0.2, 0.25) is 0 Å². The number of nitrogens with one attached hydrogen (secondary N) is 2. The number of nitriles is 1. The molecule has 1 heterocycles. The highest BCUT2D eigenvalue weighted by atomic mass is 35.5. The first kappa shape index (κ1) is 16.7. The minimum absolute atomic E-state index is 0.554. The molecule has 3 rings (SSSR count). The molecule has 0 aliphatic heterocycles. The SMILES string of the molecule is Cc1nc(Nc2ccc(C)c(Cl)c2)cc(Nc2ccccc2C#N)n1. The topological polar surface area (TPSA) is 73.6 Å². The molecule has 0 unspecified atom stereocenters. The van der Waals surface area contributed by atoms with Crippen LogP contribution in [0.3, 0.4) is 0 Å². The Labute approximate surface area is 151 Å². The zero-order valence-corrected chi connectivity index (χ0v) is 14.6. The van der Waals surface area contributed by atoms with Crippen molar-refractivity contribution < 1.29 is 0 Å². The van der Waals surface area contributed by atoms with Crippen LogP contribution in [-0.4, -0.2) is 9.97 Å². The van der Waals surface area contributed by atoms with Crippen LogP contribution in [0.4, 0.5) is 23.0 Å². The van der Waals surface area contributed by atoms with Crippen LogP contribution in [0.15, 0.2) is 48.5 Å². The fraction of sp³-hybridized carbons (Fsp3) is 0.105. The Morgan fingerprint density at radius 3 is 2.40 bits per heavy atom. The highest BCUT2D eigenvalue weighted by Crippen LogP contribution is 2.25. The van der Waals surface area contributed by atoms with Crippen LogP contribution in [-0.2, 0) is 0 Å². The quantitative estimate of drug-likeness (QED) is 0.685. The Balaban J connectivity index is 1.88. The summed E-state index contributed by atoms with van der Waals surface area (Å²) in [7, 11) is 0. The lowest BCUT2D eigenvalue weighted by Gasteiger charge is -2.11. The monoisotopic (exact) mass is 349 g/mol. The maximum absolute atomic E-state index is 9.20. The smallest absolute Gasteiger partial charge is 0.136 e. The van der Waals surface area contributed by atoms with Gasteiger partial charge in [-0.25, -0.2) is 9.97 Å². The van der Waals surface area contributed by atoms with Gasteiger partial charge in [0.05, 0.1) is 11.3 Å². The minimum Gasteiger partial charge on any atom is -0.340 e. The molecule has 0 amide bonds. The summed E-state index contributed by atoms with van der Waals surface area (Å²) in [5.41, 5.74) is 3.12. The molecule has 2 aromatic carbocycles. The van der Waals surface area contributed by atoms with E-state index in [-0.39, 0.29) is 0 Å². The van der Waals surface area contributed by atoms with Gasteiger partial charge in [-0.2, -0.15) is 5.26 Å². The predicted octanol–water partition coefficient (Wildman–Crippen LogP) is 5.11. The van der Waals surface area contributed by atoms with E-state index in [2.05, 4.69) is 26.7 Å². The van der Waals surface area contributed by atoms with Crippen molar-refractivity contribution in [3.05, 3.63) is 70.5 Å². The summed E-state index contributed by atoms with van der Waals surface area (Å²) in [5, 5.41) is 16.3. The van der Waals surface area contributed by atoms with Crippen molar-refractivity contribution in [2.75, 3.05) is 10.6 Å². The Kier molecular flexibility index (Phi) is 4.82. The number of aromatic nitrogens is 2. The first-order valence-corrected chi connectivity index (χ1v) is 8.08. The summed E-state index contributed by atoms with van der Waals surface area (Å²) >= 11 is 6.17. The predicted molar refractivity (Wildman–Crippen MR) is 101 cm³/mol. The van der Waals surface area contributed by atoms with Crippen LogP contribution in [0, 0.1) is 25.2 Å². The van der Waals surface area contributed by atoms with Crippen LogP contribution in [0.1, 0.15) is 17.0 Å². The molecule has 0 radical (unpaired) electrons. The molecular weight excluding hydrogens is 334 g/mol. The first-order chi connectivity index (χ1) is 12.0. The second-order valence-electron chi connectivity index (χ2n) is 5.56. The van der Waals surface area contributed by atoms with Crippen molar-refractivity contribution in [1.29, 1.82) is 5.26 Å². The van der Waals surface area contributed by atoms with Crippen LogP contribution < -0.4 is 10.6 Å². The van der Waals surface area contributed by atoms with E-state index in [1.807, 2.05) is 50.2 Å². The van der Waals surface area contributed by atoms with Crippen molar-refractivity contribution in [2.24, 2.45) is 0 Å². The number of nitrogens with zero attached hydrogens (tertiary/aromatic N) is 3. The van der Waals surface area contributed by atoms with Crippen molar-refractivity contribution >= 4 is 34.6 Å². The highest BCUT2D eigenvalue weighted by molar-refractivity contribution is 6.31. The zero-order valence-electron chi connectivity index (χ0n) is 13.8. The minimum atomic E-state index is 0.554. The fourth-order valence-corrected chi connectivity index (χ4v) is 2.52. The Morgan fingerprint density at radius 2 is 1.68 bits per heavy atom. The maximum atomic E-state index is 9.20. The molecule has 0 aliphatic carbocycles. The van der Waals surface area contributed by atoms with Gasteiger partial charge in [-0.05, 0) is 43.7 Å². The third-order valence-electron chi connectivity index (χ3n) is 3.59. The molecule has 0 bridgehead atoms. The molecular formula is C19H16ClN5. The van der Waals surface area contributed by atoms with E-state index in [1.165, 1.54) is 0 Å². The maximum Gasteiger partial charge on any atom is 0.136 e. The molecule has 0 fully saturated rings. The lowest BCUT2D eigenvalue weighted by Crippen LogP contribution is -2.02. The van der Waals surface area contributed by atoms with Crippen LogP contribution in [0.25, 0.3) is 0 Å². The molecule has 0 saturated heterocycles. The molecule has 0 aliphatic rings. The van der Waals surface area contributed by atoms with Crippen molar-refractivity contribution in [2.45, 2.75) is 13.8 Å². The van der Waals surface area contributed by atoms with E-state index in [0.29, 0.717) is 33.7 Å². The summed E-state index contributed by atoms with van der Waals surface area (Å²) in [4.78, 5) is 8.78. The number of hydrogen-bond acceptors (Lipinski definition) is 5. The first-order valence-electron chi connectivity index (χ1n) is 7.70. The number of rotatable bonds is 4. The summed E-state index contributed by atoms with van der Waals surface area (Å²) in [6, 6.07) is 17.0. The third-order valence-corrected chi connectivity index (χ3v) is 4.00. The Bertz CT molecular complexity index is 962. The molecule has 1 aromatic heterocycles. The lowest BCUT2D eigenvalue weighted by atomic mass is 10.2. The highest BCUT2D eigenvalue weighted by Gasteiger charge is 2.06. The number of benzene rings is 2. The van der Waals surface area contributed by atoms with E-state index >= 15 is 0 Å². The van der Waals surface area contributed by atoms with Gasteiger partial charge in [0, 0.05) is 16.8 Å². The number of aryl methyl sites for hydroxylation is 2. The van der Waals surface area contributed by atoms with Gasteiger partial charge in [0.25, 0.3) is 0 Å². The summed E-state index contributed by atoms with van der Waals surface area (Å²) in [6.07, 6.45) is 0. The van der Waals surface area contributed by atoms with Crippen molar-refractivity contribution in [3.63, 3.8) is 0 Å². The normalized spacial score (nSPS) is 10.2. The summed E-state index contributed by atoms with van der Waals surface area (Å²) < 4.78 is 0. The lowest BCUT2D eigenvalue weighted by molar-refractivity contribution is 1.06. The molecule has 6 heteroatoms. The van der Waals surface area contributed by atoms with E-state index in [0.717, 1.165) is 11.3 Å². The van der Waals surface area contributed by atoms with Gasteiger partial charge in [-0.15, -0.1) is 0 Å². The summed E-state index contributed by atoms with van der Waals surface area (Å²) in [6.45, 7) is 3.77. The summed E-state index contributed by atoms with van der Waals surface area (Å²) in [5.74, 6) is 1.86. The number of hydrogen-bond donors (Lipinski definition) is 2. The molecule has 3 aromatic rings. The average Bonchev–Trinajstić information content (AvgIpc) is 2.58. The second kappa shape index (κ2) is 7.20. The van der Waals surface area contributed by atoms with Crippen LogP contribution in [0.5, 0.6) is 0 Å². The molecule has 0 spiro atoms. The van der Waals surface area contributed by atoms with Crippen LogP contribution >= 0.6 is 11.6 Å². The Hall–Kier alpha value is -3.10. The van der Waals surface area contributed by atoms with E-state index in [1.54, 1.807) is 12.1 Å². The molecule has 25 heavy (non-hydrogen) atoms. The van der Waals surface area contributed by atoms with Crippen molar-refractivity contribution in [3.8, 4) is 6.07 Å². The number of para-hydroxylation sites is 1. The molecule has 0 saturated carbocycles. The molecule has 0 atom stereocenters. The molecule has 2 N–H and O–H groups in total. The Morgan fingerprint density at radius 1 is 0.960 bits per heavy atom. The largest absolute Gasteiger partial charge is 0.340 e. The fourth-order valence-electron chi connectivity index (χ4n) is 2.34. The van der Waals surface area contributed by atoms with E-state index in [4.69, 9.17) is 11.6 Å². The van der Waals surface area contributed by atoms with Crippen LogP contribution in [0.2, 0.25) is 5.02 Å². The van der Waals surface area contributed by atoms with Gasteiger partial charge in [0.1, 0.15) is 23.5 Å². The van der Waals surface area contributed by atoms with Crippen molar-refractivity contribution in [1.82, 2.24) is 9.97 Å². The molecule has 5 nitrogen and oxygen atoms in total. The van der Waals surface area contributed by atoms with E-state index in [9.17, 15) is 5.26 Å². The van der Waals surface area contributed by atoms with E-state index < -0.39 is 0 Å². The third kappa shape index (κ3) is 4.06. The van der Waals surface area contributed by atoms with Gasteiger partial charge >= 0.3 is 0 Å². The molecule has 124 valence electrons. The van der Waals surface area contributed by atoms with Gasteiger partial charge < -0.3 is 10.6 Å². The second-order valence-corrected chi connectivity index (χ2v) is 5.96.